The number of aromatic hydroxyl groups is 2. The van der Waals surface area contributed by atoms with Crippen molar-refractivity contribution in [1.82, 2.24) is 0 Å². The predicted molar refractivity (Wildman–Crippen MR) is 109 cm³/mol. The van der Waals surface area contributed by atoms with Gasteiger partial charge in [0, 0.05) is 6.54 Å². The zero-order valence-electron chi connectivity index (χ0n) is 17.8. The molecule has 16 heteroatoms. The average molecular weight is 477 g/mol. The van der Waals surface area contributed by atoms with E-state index in [9.17, 15) is 9.59 Å². The van der Waals surface area contributed by atoms with Crippen LogP contribution in [0.5, 0.6) is 11.5 Å². The van der Waals surface area contributed by atoms with E-state index >= 15 is 0 Å². The molecule has 0 radical (unpaired) electrons. The minimum Gasteiger partial charge on any atom is -1.00 e. The minimum absolute atomic E-state index is 0. The summed E-state index contributed by atoms with van der Waals surface area (Å²) in [6.07, 6.45) is 1.07. The van der Waals surface area contributed by atoms with Gasteiger partial charge < -0.3 is 44.8 Å². The molecule has 0 bridgehead atoms. The molecule has 14 nitrogen and oxygen atoms in total. The number of hydrogen-bond acceptors (Lipinski definition) is 8. The van der Waals surface area contributed by atoms with E-state index in [0.29, 0.717) is 24.9 Å². The molecule has 31 heavy (non-hydrogen) atoms. The summed E-state index contributed by atoms with van der Waals surface area (Å²) in [6.45, 7) is 0.420. The molecule has 174 valence electrons. The first-order valence-corrected chi connectivity index (χ1v) is 9.17. The third-order valence-corrected chi connectivity index (χ3v) is 3.10. The van der Waals surface area contributed by atoms with Gasteiger partial charge in [-0.2, -0.15) is 4.21 Å². The Bertz CT molecular complexity index is 737. The van der Waals surface area contributed by atoms with E-state index in [1.165, 1.54) is 18.2 Å². The number of nitrogens with zero attached hydrogens (tertiary/aromatic N) is 1. The smallest absolute Gasteiger partial charge is 1.00 e. The second-order valence-corrected chi connectivity index (χ2v) is 6.06. The molecule has 0 aromatic heterocycles. The largest absolute Gasteiger partial charge is 1.00 e. The number of carboxylic acids is 2. The quantitative estimate of drug-likeness (QED) is 0.0421. The molecule has 0 aliphatic rings. The van der Waals surface area contributed by atoms with Crippen LogP contribution in [0.4, 0.5) is 0 Å². The van der Waals surface area contributed by atoms with Crippen molar-refractivity contribution < 1.29 is 74.3 Å². The standard InChI is InChI=1S/C9H11NO4.C6H14N4O2.Na.H2O3S.H/c10-6(9(13)14)3-5-1-2-7(11)8(12)4-5;7-4(5(11)12)2-1-3-10-6(8)9;;1-4(2)3;/h1-2,4,6,11-12H,3,10H2,(H,13,14);4H,1-3,7H2,(H,11,12)(H4,8,9,10);;(H2,1,2,3);/q;;+1;;-1. The molecule has 0 aliphatic carbocycles. The van der Waals surface area contributed by atoms with Crippen LogP contribution in [0, 0.1) is 0 Å². The summed E-state index contributed by atoms with van der Waals surface area (Å²) < 4.78 is 22.8. The topological polar surface area (TPSA) is 289 Å². The van der Waals surface area contributed by atoms with Crippen molar-refractivity contribution in [1.29, 1.82) is 0 Å². The van der Waals surface area contributed by atoms with Gasteiger partial charge >= 0.3 is 41.5 Å². The van der Waals surface area contributed by atoms with Crippen LogP contribution in [0.25, 0.3) is 0 Å². The van der Waals surface area contributed by atoms with Crippen LogP contribution in [0.1, 0.15) is 19.8 Å². The fraction of sp³-hybridized carbons (Fsp3) is 0.400. The van der Waals surface area contributed by atoms with Gasteiger partial charge in [0.25, 0.3) is 11.4 Å². The van der Waals surface area contributed by atoms with Gasteiger partial charge in [-0.15, -0.1) is 0 Å². The molecule has 0 spiro atoms. The number of carbonyl (C=O) groups is 2. The average Bonchev–Trinajstić information content (AvgIpc) is 2.61. The molecule has 0 saturated carbocycles. The Hall–Kier alpha value is -1.98. The number of carboxylic acid groups (broad SMARTS) is 2. The number of aliphatic imine (C=N–C) groups is 1. The fourth-order valence-corrected chi connectivity index (χ4v) is 1.68. The van der Waals surface area contributed by atoms with E-state index in [1.807, 2.05) is 0 Å². The van der Waals surface area contributed by atoms with Gasteiger partial charge in [0.15, 0.2) is 17.5 Å². The van der Waals surface area contributed by atoms with Crippen LogP contribution in [0.2, 0.25) is 0 Å². The molecule has 1 aromatic rings. The summed E-state index contributed by atoms with van der Waals surface area (Å²) in [5.74, 6) is -2.60. The molecule has 0 aliphatic heterocycles. The van der Waals surface area contributed by atoms with E-state index in [0.717, 1.165) is 0 Å². The van der Waals surface area contributed by atoms with Crippen LogP contribution >= 0.6 is 0 Å². The van der Waals surface area contributed by atoms with E-state index in [4.69, 9.17) is 56.7 Å². The Morgan fingerprint density at radius 1 is 1.03 bits per heavy atom. The van der Waals surface area contributed by atoms with E-state index < -0.39 is 35.4 Å². The summed E-state index contributed by atoms with van der Waals surface area (Å²) >= 11 is -2.61. The van der Waals surface area contributed by atoms with E-state index in [1.54, 1.807) is 0 Å². The van der Waals surface area contributed by atoms with Crippen LogP contribution in [-0.2, 0) is 27.4 Å². The van der Waals surface area contributed by atoms with Gasteiger partial charge in [-0.25, -0.2) is 0 Å². The maximum absolute atomic E-state index is 10.4. The van der Waals surface area contributed by atoms with Crippen LogP contribution in [-0.4, -0.2) is 70.3 Å². The number of phenols is 2. The monoisotopic (exact) mass is 477 g/mol. The number of rotatable bonds is 8. The van der Waals surface area contributed by atoms with Gasteiger partial charge in [-0.1, -0.05) is 6.07 Å². The third-order valence-electron chi connectivity index (χ3n) is 3.10. The van der Waals surface area contributed by atoms with Crippen LogP contribution in [0.15, 0.2) is 23.2 Å². The molecule has 0 saturated heterocycles. The van der Waals surface area contributed by atoms with Crippen molar-refractivity contribution in [2.45, 2.75) is 31.3 Å². The number of aliphatic carboxylic acids is 2. The molecular formula is C15H28N5NaO9S. The summed E-state index contributed by atoms with van der Waals surface area (Å²) in [7, 11) is 0. The summed E-state index contributed by atoms with van der Waals surface area (Å²) in [5, 5.41) is 35.0. The number of phenolic OH excluding ortho intramolecular Hbond substituents is 2. The summed E-state index contributed by atoms with van der Waals surface area (Å²) in [5.41, 5.74) is 21.2. The minimum atomic E-state index is -2.61. The van der Waals surface area contributed by atoms with E-state index in [2.05, 4.69) is 4.99 Å². The van der Waals surface area contributed by atoms with Crippen molar-refractivity contribution in [3.63, 3.8) is 0 Å². The molecule has 14 N–H and O–H groups in total. The van der Waals surface area contributed by atoms with Crippen molar-refractivity contribution in [2.24, 2.45) is 27.9 Å². The molecule has 1 rings (SSSR count). The first-order chi connectivity index (χ1) is 13.8. The Kier molecular flexibility index (Phi) is 20.4. The second kappa shape index (κ2) is 18.8. The Balaban J connectivity index is -0.000000201. The number of hydrogen-bond donors (Lipinski definition) is 10. The summed E-state index contributed by atoms with van der Waals surface area (Å²) in [6, 6.07) is 2.27. The van der Waals surface area contributed by atoms with Gasteiger partial charge in [-0.3, -0.25) is 23.7 Å². The Morgan fingerprint density at radius 3 is 1.90 bits per heavy atom. The van der Waals surface area contributed by atoms with Crippen LogP contribution < -0.4 is 52.5 Å². The predicted octanol–water partition coefficient (Wildman–Crippen LogP) is -4.70. The Labute approximate surface area is 204 Å². The molecule has 0 heterocycles. The maximum Gasteiger partial charge on any atom is 1.00 e. The van der Waals surface area contributed by atoms with Crippen molar-refractivity contribution in [3.8, 4) is 11.5 Å². The number of guanidine groups is 1. The van der Waals surface area contributed by atoms with Crippen LogP contribution in [0.3, 0.4) is 0 Å². The molecule has 2 atom stereocenters. The van der Waals surface area contributed by atoms with E-state index in [-0.39, 0.29) is 54.9 Å². The third kappa shape index (κ3) is 21.1. The van der Waals surface area contributed by atoms with Crippen molar-refractivity contribution in [3.05, 3.63) is 23.8 Å². The fourth-order valence-electron chi connectivity index (χ4n) is 1.68. The SMILES string of the molecule is NC(Cc1ccc(O)c(O)c1)C(=O)O.NC(N)=NCCCC(N)C(=O)O.O=S(O)O.[H-].[Na+]. The van der Waals surface area contributed by atoms with Gasteiger partial charge in [0.2, 0.25) is 0 Å². The Morgan fingerprint density at radius 2 is 1.52 bits per heavy atom. The number of nitrogens with two attached hydrogens (primary N) is 4. The van der Waals surface area contributed by atoms with Gasteiger partial charge in [-0.05, 0) is 37.0 Å². The molecule has 0 fully saturated rings. The normalized spacial score (nSPS) is 11.4. The molecular weight excluding hydrogens is 449 g/mol. The summed E-state index contributed by atoms with van der Waals surface area (Å²) in [4.78, 5) is 24.3. The van der Waals surface area contributed by atoms with Gasteiger partial charge in [0.1, 0.15) is 12.1 Å². The maximum atomic E-state index is 10.4. The van der Waals surface area contributed by atoms with Crippen molar-refractivity contribution >= 4 is 29.3 Å². The zero-order chi connectivity index (χ0) is 23.9. The first kappa shape index (κ1) is 33.7. The zero-order valence-corrected chi connectivity index (χ0v) is 19.6. The number of benzene rings is 1. The van der Waals surface area contributed by atoms with Gasteiger partial charge in [0.05, 0.1) is 0 Å². The first-order valence-electron chi connectivity index (χ1n) is 8.10. The molecule has 0 amide bonds. The molecule has 1 aromatic carbocycles. The van der Waals surface area contributed by atoms with Crippen molar-refractivity contribution in [2.75, 3.05) is 6.54 Å². The molecule has 2 unspecified atom stereocenters. The second-order valence-electron chi connectivity index (χ2n) is 5.60.